The van der Waals surface area contributed by atoms with Crippen LogP contribution in [0.1, 0.15) is 16.7 Å². The van der Waals surface area contributed by atoms with Crippen LogP contribution in [0.15, 0.2) is 71.7 Å². The van der Waals surface area contributed by atoms with Crippen molar-refractivity contribution in [2.24, 2.45) is 4.99 Å². The first-order valence-electron chi connectivity index (χ1n) is 9.65. The highest BCUT2D eigenvalue weighted by Crippen LogP contribution is 2.40. The molecular weight excluding hydrogens is 416 g/mol. The maximum atomic E-state index is 10.6. The highest BCUT2D eigenvalue weighted by atomic mass is 35.5. The van der Waals surface area contributed by atoms with E-state index in [2.05, 4.69) is 16.4 Å². The fourth-order valence-electron chi connectivity index (χ4n) is 3.76. The zero-order chi connectivity index (χ0) is 21.8. The highest BCUT2D eigenvalue weighted by Gasteiger charge is 2.41. The Morgan fingerprint density at radius 1 is 1.06 bits per heavy atom. The second kappa shape index (κ2) is 8.70. The van der Waals surface area contributed by atoms with E-state index >= 15 is 0 Å². The summed E-state index contributed by atoms with van der Waals surface area (Å²) in [6.45, 7) is 2.50. The summed E-state index contributed by atoms with van der Waals surface area (Å²) in [5.41, 5.74) is 6.44. The molecule has 0 spiro atoms. The number of carbonyl (C=O) groups excluding carboxylic acids is 1. The molecule has 4 rings (SSSR count). The molecule has 0 radical (unpaired) electrons. The average Bonchev–Trinajstić information content (AvgIpc) is 3.23. The Bertz CT molecular complexity index is 1150. The molecule has 0 aromatic heterocycles. The van der Waals surface area contributed by atoms with Gasteiger partial charge in [-0.25, -0.2) is 4.99 Å². The van der Waals surface area contributed by atoms with E-state index in [0.717, 1.165) is 33.6 Å². The smallest absolute Gasteiger partial charge is 0.320 e. The number of nitrogens with one attached hydrogen (secondary N) is 1. The molecule has 1 unspecified atom stereocenters. The van der Waals surface area contributed by atoms with E-state index < -0.39 is 5.54 Å². The zero-order valence-electron chi connectivity index (χ0n) is 17.1. The summed E-state index contributed by atoms with van der Waals surface area (Å²) >= 11 is 6.19. The first-order valence-corrected chi connectivity index (χ1v) is 10.0. The Hall–Kier alpha value is -3.51. The van der Waals surface area contributed by atoms with Gasteiger partial charge in [0.2, 0.25) is 0 Å². The number of nitrogens with zero attached hydrogens (tertiary/aromatic N) is 1. The van der Waals surface area contributed by atoms with Crippen molar-refractivity contribution in [2.45, 2.75) is 12.5 Å². The number of aryl methyl sites for hydroxylation is 1. The average molecular weight is 437 g/mol. The minimum Gasteiger partial charge on any atom is -0.496 e. The predicted octanol–water partition coefficient (Wildman–Crippen LogP) is 4.63. The molecule has 1 N–H and O–H groups in total. The number of ether oxygens (including phenoxy) is 2. The second-order valence-corrected chi connectivity index (χ2v) is 7.59. The van der Waals surface area contributed by atoms with Crippen molar-refractivity contribution < 1.29 is 19.1 Å². The van der Waals surface area contributed by atoms with Crippen LogP contribution in [-0.4, -0.2) is 26.2 Å². The van der Waals surface area contributed by atoms with Crippen LogP contribution in [0.25, 0.3) is 11.1 Å². The van der Waals surface area contributed by atoms with Crippen molar-refractivity contribution in [3.63, 3.8) is 0 Å². The molecule has 0 saturated carbocycles. The molecule has 1 atom stereocenters. The van der Waals surface area contributed by atoms with Gasteiger partial charge in [-0.05, 0) is 65.1 Å². The van der Waals surface area contributed by atoms with E-state index in [9.17, 15) is 4.79 Å². The molecule has 0 aliphatic carbocycles. The fraction of sp³-hybridized carbons (Fsp3) is 0.167. The number of aliphatic imine (C=N–C) groups is 1. The molecule has 7 heteroatoms. The van der Waals surface area contributed by atoms with Crippen LogP contribution in [0.2, 0.25) is 5.02 Å². The summed E-state index contributed by atoms with van der Waals surface area (Å²) in [6, 6.07) is 21.8. The lowest BCUT2D eigenvalue weighted by Gasteiger charge is -2.26. The van der Waals surface area contributed by atoms with Gasteiger partial charge in [-0.1, -0.05) is 48.0 Å². The molecular formula is C24H21ClN2O4. The Morgan fingerprint density at radius 2 is 1.81 bits per heavy atom. The van der Waals surface area contributed by atoms with E-state index in [-0.39, 0.29) is 19.1 Å². The van der Waals surface area contributed by atoms with Crippen molar-refractivity contribution in [1.82, 2.24) is 5.48 Å². The summed E-state index contributed by atoms with van der Waals surface area (Å²) in [5, 5.41) is 0.670. The molecule has 3 aromatic carbocycles. The molecule has 0 bridgehead atoms. The topological polar surface area (TPSA) is 69.2 Å². The maximum Gasteiger partial charge on any atom is 0.320 e. The van der Waals surface area contributed by atoms with Gasteiger partial charge in [-0.3, -0.25) is 4.79 Å². The third-order valence-corrected chi connectivity index (χ3v) is 5.51. The van der Waals surface area contributed by atoms with Crippen LogP contribution in [-0.2, 0) is 19.9 Å². The van der Waals surface area contributed by atoms with Gasteiger partial charge >= 0.3 is 12.5 Å². The molecule has 1 heterocycles. The second-order valence-electron chi connectivity index (χ2n) is 7.16. The lowest BCUT2D eigenvalue weighted by molar-refractivity contribution is -0.132. The summed E-state index contributed by atoms with van der Waals surface area (Å²) in [7, 11) is 1.64. The SMILES string of the molecule is COc1ccc(C2(c3cccc(-c4cccc(Cl)c4)c3)COC(NOC=O)=N2)cc1C. The van der Waals surface area contributed by atoms with Crippen LogP contribution >= 0.6 is 11.6 Å². The van der Waals surface area contributed by atoms with E-state index in [1.807, 2.05) is 67.6 Å². The first kappa shape index (κ1) is 20.8. The molecule has 0 amide bonds. The molecule has 1 aliphatic rings. The number of benzene rings is 3. The number of rotatable bonds is 6. The van der Waals surface area contributed by atoms with Crippen molar-refractivity contribution in [2.75, 3.05) is 13.7 Å². The molecule has 0 saturated heterocycles. The lowest BCUT2D eigenvalue weighted by atomic mass is 9.82. The standard InChI is InChI=1S/C24H21ClN2O4/c1-16-11-20(9-10-22(16)29-2)24(14-30-23(26-24)27-31-15-28)19-7-3-5-17(12-19)18-6-4-8-21(25)13-18/h3-13,15H,14H2,1-2H3,(H,26,27). The number of methoxy groups -OCH3 is 1. The van der Waals surface area contributed by atoms with Crippen LogP contribution in [0.4, 0.5) is 0 Å². The third kappa shape index (κ3) is 4.07. The van der Waals surface area contributed by atoms with Gasteiger partial charge in [0.1, 0.15) is 12.4 Å². The van der Waals surface area contributed by atoms with E-state index in [4.69, 9.17) is 26.1 Å². The van der Waals surface area contributed by atoms with Gasteiger partial charge in [0.15, 0.2) is 5.54 Å². The van der Waals surface area contributed by atoms with E-state index in [1.54, 1.807) is 7.11 Å². The number of halogens is 1. The molecule has 3 aromatic rings. The number of hydroxylamine groups is 1. The molecule has 158 valence electrons. The van der Waals surface area contributed by atoms with Crippen LogP contribution in [0.5, 0.6) is 5.75 Å². The van der Waals surface area contributed by atoms with Crippen molar-refractivity contribution >= 4 is 24.1 Å². The van der Waals surface area contributed by atoms with Crippen LogP contribution in [0, 0.1) is 6.92 Å². The lowest BCUT2D eigenvalue weighted by Crippen LogP contribution is -2.27. The number of amidine groups is 1. The number of hydrogen-bond acceptors (Lipinski definition) is 6. The molecule has 1 aliphatic heterocycles. The number of carbonyl (C=O) groups is 1. The highest BCUT2D eigenvalue weighted by molar-refractivity contribution is 6.30. The molecule has 31 heavy (non-hydrogen) atoms. The fourth-order valence-corrected chi connectivity index (χ4v) is 3.95. The maximum absolute atomic E-state index is 10.6. The monoisotopic (exact) mass is 436 g/mol. The first-order chi connectivity index (χ1) is 15.1. The molecule has 0 fully saturated rings. The largest absolute Gasteiger partial charge is 0.496 e. The van der Waals surface area contributed by atoms with Crippen molar-refractivity contribution in [3.05, 3.63) is 88.4 Å². The Labute approximate surface area is 185 Å². The normalized spacial score (nSPS) is 17.5. The van der Waals surface area contributed by atoms with Crippen LogP contribution < -0.4 is 10.2 Å². The summed E-state index contributed by atoms with van der Waals surface area (Å²) < 4.78 is 11.2. The summed E-state index contributed by atoms with van der Waals surface area (Å²) in [6.07, 6.45) is 0. The summed E-state index contributed by atoms with van der Waals surface area (Å²) in [5.74, 6) is 0.789. The Balaban J connectivity index is 1.84. The predicted molar refractivity (Wildman–Crippen MR) is 119 cm³/mol. The van der Waals surface area contributed by atoms with E-state index in [1.165, 1.54) is 0 Å². The molecule has 6 nitrogen and oxygen atoms in total. The zero-order valence-corrected chi connectivity index (χ0v) is 17.8. The Morgan fingerprint density at radius 3 is 2.52 bits per heavy atom. The van der Waals surface area contributed by atoms with E-state index in [0.29, 0.717) is 5.02 Å². The Kier molecular flexibility index (Phi) is 5.82. The van der Waals surface area contributed by atoms with Gasteiger partial charge in [-0.15, -0.1) is 0 Å². The van der Waals surface area contributed by atoms with Gasteiger partial charge in [0.25, 0.3) is 0 Å². The van der Waals surface area contributed by atoms with Crippen molar-refractivity contribution in [1.29, 1.82) is 0 Å². The third-order valence-electron chi connectivity index (χ3n) is 5.28. The van der Waals surface area contributed by atoms with Crippen LogP contribution in [0.3, 0.4) is 0 Å². The van der Waals surface area contributed by atoms with Gasteiger partial charge < -0.3 is 14.3 Å². The van der Waals surface area contributed by atoms with Gasteiger partial charge in [0, 0.05) is 5.02 Å². The van der Waals surface area contributed by atoms with Crippen molar-refractivity contribution in [3.8, 4) is 16.9 Å². The minimum atomic E-state index is -0.833. The minimum absolute atomic E-state index is 0.133. The quantitative estimate of drug-likeness (QED) is 0.450. The summed E-state index contributed by atoms with van der Waals surface area (Å²) in [4.78, 5) is 20.0. The van der Waals surface area contributed by atoms with Gasteiger partial charge in [0.05, 0.1) is 7.11 Å². The van der Waals surface area contributed by atoms with Gasteiger partial charge in [-0.2, -0.15) is 5.48 Å². The number of hydrogen-bond donors (Lipinski definition) is 1.